The van der Waals surface area contributed by atoms with Crippen LogP contribution in [0.5, 0.6) is 0 Å². The third-order valence-electron chi connectivity index (χ3n) is 4.08. The Morgan fingerprint density at radius 1 is 1.05 bits per heavy atom. The molecule has 0 heterocycles. The minimum Gasteiger partial charge on any atom is -0.326 e. The van der Waals surface area contributed by atoms with Crippen LogP contribution < -0.4 is 5.32 Å². The average Bonchev–Trinajstić information content (AvgIpc) is 2.55. The SMILES string of the molecule is N#Cc1ccc(NC(=O)Cc2ccc3c(c2)CCCC3)cc1. The highest BCUT2D eigenvalue weighted by molar-refractivity contribution is 5.92. The first-order valence-corrected chi connectivity index (χ1v) is 7.65. The topological polar surface area (TPSA) is 52.9 Å². The fourth-order valence-corrected chi connectivity index (χ4v) is 2.92. The lowest BCUT2D eigenvalue weighted by molar-refractivity contribution is -0.115. The number of carbonyl (C=O) groups excluding carboxylic acids is 1. The maximum Gasteiger partial charge on any atom is 0.228 e. The molecule has 1 N–H and O–H groups in total. The van der Waals surface area contributed by atoms with Gasteiger partial charge in [-0.1, -0.05) is 18.2 Å². The summed E-state index contributed by atoms with van der Waals surface area (Å²) in [6.45, 7) is 0. The summed E-state index contributed by atoms with van der Waals surface area (Å²) in [5.74, 6) is -0.0273. The first-order chi connectivity index (χ1) is 10.7. The number of benzene rings is 2. The van der Waals surface area contributed by atoms with Crippen LogP contribution in [0, 0.1) is 11.3 Å². The molecule has 22 heavy (non-hydrogen) atoms. The Morgan fingerprint density at radius 3 is 2.50 bits per heavy atom. The highest BCUT2D eigenvalue weighted by Crippen LogP contribution is 2.22. The van der Waals surface area contributed by atoms with E-state index in [0.29, 0.717) is 12.0 Å². The van der Waals surface area contributed by atoms with Gasteiger partial charge in [-0.2, -0.15) is 5.26 Å². The summed E-state index contributed by atoms with van der Waals surface area (Å²) in [5, 5.41) is 11.6. The zero-order chi connectivity index (χ0) is 15.4. The summed E-state index contributed by atoms with van der Waals surface area (Å²) in [5.41, 5.74) is 5.21. The first-order valence-electron chi connectivity index (χ1n) is 7.65. The van der Waals surface area contributed by atoms with Crippen LogP contribution in [-0.4, -0.2) is 5.91 Å². The second kappa shape index (κ2) is 6.44. The molecule has 2 aromatic carbocycles. The minimum atomic E-state index is -0.0273. The molecule has 1 amide bonds. The Labute approximate surface area is 130 Å². The van der Waals surface area contributed by atoms with E-state index in [9.17, 15) is 4.79 Å². The number of fused-ring (bicyclic) bond motifs is 1. The predicted octanol–water partition coefficient (Wildman–Crippen LogP) is 3.62. The van der Waals surface area contributed by atoms with Crippen LogP contribution in [0.2, 0.25) is 0 Å². The van der Waals surface area contributed by atoms with Crippen LogP contribution in [0.1, 0.15) is 35.1 Å². The van der Waals surface area contributed by atoms with Gasteiger partial charge in [-0.3, -0.25) is 4.79 Å². The van der Waals surface area contributed by atoms with Crippen molar-refractivity contribution in [2.24, 2.45) is 0 Å². The fraction of sp³-hybridized carbons (Fsp3) is 0.263. The van der Waals surface area contributed by atoms with E-state index in [4.69, 9.17) is 5.26 Å². The molecule has 0 bridgehead atoms. The molecular formula is C19H18N2O. The van der Waals surface area contributed by atoms with E-state index in [1.807, 2.05) is 0 Å². The zero-order valence-electron chi connectivity index (χ0n) is 12.4. The number of aryl methyl sites for hydroxylation is 2. The molecule has 3 heteroatoms. The van der Waals surface area contributed by atoms with E-state index in [2.05, 4.69) is 29.6 Å². The number of carbonyl (C=O) groups is 1. The summed E-state index contributed by atoms with van der Waals surface area (Å²) in [7, 11) is 0. The van der Waals surface area contributed by atoms with Crippen molar-refractivity contribution in [2.45, 2.75) is 32.1 Å². The van der Waals surface area contributed by atoms with Gasteiger partial charge in [-0.25, -0.2) is 0 Å². The molecule has 0 aromatic heterocycles. The summed E-state index contributed by atoms with van der Waals surface area (Å²) < 4.78 is 0. The molecule has 0 aliphatic heterocycles. The number of rotatable bonds is 3. The van der Waals surface area contributed by atoms with Crippen molar-refractivity contribution in [1.29, 1.82) is 5.26 Å². The smallest absolute Gasteiger partial charge is 0.228 e. The lowest BCUT2D eigenvalue weighted by Gasteiger charge is -2.16. The molecule has 110 valence electrons. The summed E-state index contributed by atoms with van der Waals surface area (Å²) in [4.78, 5) is 12.1. The second-order valence-corrected chi connectivity index (χ2v) is 5.72. The van der Waals surface area contributed by atoms with Gasteiger partial charge >= 0.3 is 0 Å². The number of hydrogen-bond donors (Lipinski definition) is 1. The number of hydrogen-bond acceptors (Lipinski definition) is 2. The molecule has 3 rings (SSSR count). The van der Waals surface area contributed by atoms with Gasteiger partial charge in [-0.05, 0) is 66.6 Å². The van der Waals surface area contributed by atoms with Crippen molar-refractivity contribution < 1.29 is 4.79 Å². The molecule has 0 unspecified atom stereocenters. The predicted molar refractivity (Wildman–Crippen MR) is 86.6 cm³/mol. The Hall–Kier alpha value is -2.60. The van der Waals surface area contributed by atoms with Gasteiger partial charge < -0.3 is 5.32 Å². The van der Waals surface area contributed by atoms with E-state index in [-0.39, 0.29) is 5.91 Å². The van der Waals surface area contributed by atoms with Crippen LogP contribution in [0.4, 0.5) is 5.69 Å². The Kier molecular flexibility index (Phi) is 4.20. The average molecular weight is 290 g/mol. The van der Waals surface area contributed by atoms with Crippen LogP contribution in [0.15, 0.2) is 42.5 Å². The largest absolute Gasteiger partial charge is 0.326 e. The maximum absolute atomic E-state index is 12.1. The van der Waals surface area contributed by atoms with Crippen molar-refractivity contribution in [1.82, 2.24) is 0 Å². The third kappa shape index (κ3) is 3.35. The van der Waals surface area contributed by atoms with E-state index >= 15 is 0 Å². The number of anilines is 1. The highest BCUT2D eigenvalue weighted by atomic mass is 16.1. The van der Waals surface area contributed by atoms with Crippen LogP contribution in [0.3, 0.4) is 0 Å². The van der Waals surface area contributed by atoms with Crippen molar-refractivity contribution in [3.63, 3.8) is 0 Å². The van der Waals surface area contributed by atoms with Gasteiger partial charge in [0.1, 0.15) is 0 Å². The number of nitrogens with one attached hydrogen (secondary N) is 1. The number of nitriles is 1. The molecule has 3 nitrogen and oxygen atoms in total. The van der Waals surface area contributed by atoms with Gasteiger partial charge in [0.25, 0.3) is 0 Å². The fourth-order valence-electron chi connectivity index (χ4n) is 2.92. The van der Waals surface area contributed by atoms with E-state index in [0.717, 1.165) is 24.1 Å². The summed E-state index contributed by atoms with van der Waals surface area (Å²) >= 11 is 0. The Morgan fingerprint density at radius 2 is 1.77 bits per heavy atom. The molecule has 0 saturated heterocycles. The van der Waals surface area contributed by atoms with Gasteiger partial charge in [-0.15, -0.1) is 0 Å². The standard InChI is InChI=1S/C19H18N2O/c20-13-14-6-9-18(10-7-14)21-19(22)12-15-5-8-16-3-1-2-4-17(16)11-15/h5-11H,1-4,12H2,(H,21,22). The van der Waals surface area contributed by atoms with Gasteiger partial charge in [0.15, 0.2) is 0 Å². The third-order valence-corrected chi connectivity index (χ3v) is 4.08. The minimum absolute atomic E-state index is 0.0273. The maximum atomic E-state index is 12.1. The Balaban J connectivity index is 1.65. The normalized spacial score (nSPS) is 13.0. The molecule has 2 aromatic rings. The summed E-state index contributed by atoms with van der Waals surface area (Å²) in [6.07, 6.45) is 5.18. The highest BCUT2D eigenvalue weighted by Gasteiger charge is 2.11. The van der Waals surface area contributed by atoms with Crippen LogP contribution in [0.25, 0.3) is 0 Å². The van der Waals surface area contributed by atoms with Crippen molar-refractivity contribution in [3.05, 3.63) is 64.7 Å². The molecule has 0 atom stereocenters. The molecular weight excluding hydrogens is 272 g/mol. The van der Waals surface area contributed by atoms with E-state index in [1.165, 1.54) is 24.0 Å². The van der Waals surface area contributed by atoms with Gasteiger partial charge in [0.2, 0.25) is 5.91 Å². The van der Waals surface area contributed by atoms with E-state index in [1.54, 1.807) is 24.3 Å². The quantitative estimate of drug-likeness (QED) is 0.938. The molecule has 1 aliphatic rings. The van der Waals surface area contributed by atoms with Crippen molar-refractivity contribution in [2.75, 3.05) is 5.32 Å². The summed E-state index contributed by atoms with van der Waals surface area (Å²) in [6, 6.07) is 15.4. The number of nitrogens with zero attached hydrogens (tertiary/aromatic N) is 1. The van der Waals surface area contributed by atoms with E-state index < -0.39 is 0 Å². The monoisotopic (exact) mass is 290 g/mol. The van der Waals surface area contributed by atoms with Gasteiger partial charge in [0.05, 0.1) is 18.1 Å². The molecule has 0 fully saturated rings. The lowest BCUT2D eigenvalue weighted by atomic mass is 9.90. The van der Waals surface area contributed by atoms with Crippen LogP contribution >= 0.6 is 0 Å². The van der Waals surface area contributed by atoms with Crippen molar-refractivity contribution in [3.8, 4) is 6.07 Å². The second-order valence-electron chi connectivity index (χ2n) is 5.72. The molecule has 0 saturated carbocycles. The van der Waals surface area contributed by atoms with Gasteiger partial charge in [0, 0.05) is 5.69 Å². The Bertz CT molecular complexity index is 726. The number of amides is 1. The van der Waals surface area contributed by atoms with Crippen molar-refractivity contribution >= 4 is 11.6 Å². The molecule has 0 radical (unpaired) electrons. The zero-order valence-corrected chi connectivity index (χ0v) is 12.4. The first kappa shape index (κ1) is 14.3. The molecule has 0 spiro atoms. The molecule has 1 aliphatic carbocycles. The lowest BCUT2D eigenvalue weighted by Crippen LogP contribution is -2.15. The van der Waals surface area contributed by atoms with Crippen LogP contribution in [-0.2, 0) is 24.1 Å².